The summed E-state index contributed by atoms with van der Waals surface area (Å²) < 4.78 is 0.774. The molecule has 0 aliphatic heterocycles. The highest BCUT2D eigenvalue weighted by atomic mass is 79.9. The number of rotatable bonds is 4. The molecule has 88 valence electrons. The average molecular weight is 286 g/mol. The second-order valence-electron chi connectivity index (χ2n) is 3.96. The maximum atomic E-state index is 12.0. The summed E-state index contributed by atoms with van der Waals surface area (Å²) in [5.74, 6) is -0.0683. The van der Waals surface area contributed by atoms with Crippen LogP contribution in [-0.4, -0.2) is 23.0 Å². The van der Waals surface area contributed by atoms with Crippen LogP contribution in [0.5, 0.6) is 0 Å². The molecule has 5 heteroatoms. The largest absolute Gasteiger partial charge is 0.323 e. The number of hydrogen-bond acceptors (Lipinski definition) is 3. The number of carbonyl (C=O) groups is 1. The van der Waals surface area contributed by atoms with Gasteiger partial charge in [-0.15, -0.1) is 0 Å². The van der Waals surface area contributed by atoms with Crippen molar-refractivity contribution >= 4 is 27.5 Å². The number of anilines is 1. The normalized spacial score (nSPS) is 11.2. The Morgan fingerprint density at radius 3 is 2.81 bits per heavy atom. The van der Waals surface area contributed by atoms with Crippen LogP contribution in [0.25, 0.3) is 0 Å². The Kier molecular flexibility index (Phi) is 4.44. The minimum absolute atomic E-state index is 0.0683. The molecule has 0 spiro atoms. The first-order valence-electron chi connectivity index (χ1n) is 5.13. The first kappa shape index (κ1) is 13.1. The van der Waals surface area contributed by atoms with Crippen molar-refractivity contribution in [1.29, 1.82) is 0 Å². The van der Waals surface area contributed by atoms with Gasteiger partial charge in [0.1, 0.15) is 0 Å². The zero-order chi connectivity index (χ0) is 12.2. The van der Waals surface area contributed by atoms with Crippen molar-refractivity contribution in [2.24, 2.45) is 0 Å². The van der Waals surface area contributed by atoms with Crippen LogP contribution in [-0.2, 0) is 4.79 Å². The Morgan fingerprint density at radius 1 is 1.56 bits per heavy atom. The monoisotopic (exact) mass is 285 g/mol. The molecule has 0 saturated heterocycles. The molecule has 1 aromatic rings. The highest BCUT2D eigenvalue weighted by molar-refractivity contribution is 9.10. The molecule has 0 unspecified atom stereocenters. The second-order valence-corrected chi connectivity index (χ2v) is 4.82. The lowest BCUT2D eigenvalue weighted by Gasteiger charge is -2.24. The van der Waals surface area contributed by atoms with E-state index in [2.05, 4.69) is 31.5 Å². The van der Waals surface area contributed by atoms with Gasteiger partial charge >= 0.3 is 0 Å². The van der Waals surface area contributed by atoms with Crippen LogP contribution in [0, 0.1) is 0 Å². The zero-order valence-corrected chi connectivity index (χ0v) is 11.3. The summed E-state index contributed by atoms with van der Waals surface area (Å²) in [5.41, 5.74) is 0.142. The molecule has 0 bridgehead atoms. The Hall–Kier alpha value is -0.940. The molecule has 1 aromatic heterocycles. The topological polar surface area (TPSA) is 54.0 Å². The highest BCUT2D eigenvalue weighted by Gasteiger charge is 2.26. The smallest absolute Gasteiger partial charge is 0.244 e. The van der Waals surface area contributed by atoms with Crippen molar-refractivity contribution in [2.75, 3.05) is 11.9 Å². The van der Waals surface area contributed by atoms with Crippen molar-refractivity contribution < 1.29 is 4.79 Å². The fraction of sp³-hybridized carbons (Fsp3) is 0.455. The van der Waals surface area contributed by atoms with Gasteiger partial charge in [-0.25, -0.2) is 0 Å². The van der Waals surface area contributed by atoms with Crippen LogP contribution in [0.2, 0.25) is 0 Å². The summed E-state index contributed by atoms with van der Waals surface area (Å²) >= 11 is 3.33. The number of aromatic nitrogens is 1. The van der Waals surface area contributed by atoms with E-state index in [1.807, 2.05) is 20.8 Å². The summed E-state index contributed by atoms with van der Waals surface area (Å²) in [6.45, 7) is 6.41. The molecule has 0 aliphatic carbocycles. The molecule has 0 fully saturated rings. The Morgan fingerprint density at radius 2 is 2.25 bits per heavy atom. The summed E-state index contributed by atoms with van der Waals surface area (Å²) in [6.07, 6.45) is 3.29. The van der Waals surface area contributed by atoms with Gasteiger partial charge in [0.2, 0.25) is 5.91 Å². The summed E-state index contributed by atoms with van der Waals surface area (Å²) in [4.78, 5) is 15.9. The molecule has 1 amide bonds. The van der Waals surface area contributed by atoms with Crippen molar-refractivity contribution in [2.45, 2.75) is 26.3 Å². The molecule has 0 aromatic carbocycles. The first-order valence-corrected chi connectivity index (χ1v) is 5.92. The van der Waals surface area contributed by atoms with Crippen LogP contribution in [0.1, 0.15) is 20.8 Å². The van der Waals surface area contributed by atoms with Crippen LogP contribution in [0.4, 0.5) is 5.69 Å². The van der Waals surface area contributed by atoms with Crippen LogP contribution in [0.3, 0.4) is 0 Å². The van der Waals surface area contributed by atoms with Gasteiger partial charge < -0.3 is 10.6 Å². The number of nitrogens with one attached hydrogen (secondary N) is 2. The van der Waals surface area contributed by atoms with E-state index in [-0.39, 0.29) is 5.91 Å². The standard InChI is InChI=1S/C11H16BrN3O/c1-4-14-11(2,3)10(16)15-9-5-6-13-7-8(9)12/h5-7,14H,4H2,1-3H3,(H,13,15,16). The number of pyridine rings is 1. The molecule has 0 saturated carbocycles. The van der Waals surface area contributed by atoms with Crippen molar-refractivity contribution in [1.82, 2.24) is 10.3 Å². The van der Waals surface area contributed by atoms with Gasteiger partial charge in [-0.1, -0.05) is 6.92 Å². The number of carbonyl (C=O) groups excluding carboxylic acids is 1. The van der Waals surface area contributed by atoms with E-state index in [0.717, 1.165) is 16.7 Å². The first-order chi connectivity index (χ1) is 7.47. The van der Waals surface area contributed by atoms with Gasteiger partial charge in [0.15, 0.2) is 0 Å². The van der Waals surface area contributed by atoms with Crippen LogP contribution in [0.15, 0.2) is 22.9 Å². The van der Waals surface area contributed by atoms with Gasteiger partial charge in [-0.3, -0.25) is 9.78 Å². The van der Waals surface area contributed by atoms with E-state index in [9.17, 15) is 4.79 Å². The predicted molar refractivity (Wildman–Crippen MR) is 68.3 cm³/mol. The van der Waals surface area contributed by atoms with Crippen molar-refractivity contribution in [3.8, 4) is 0 Å². The predicted octanol–water partition coefficient (Wildman–Crippen LogP) is 2.17. The molecule has 0 radical (unpaired) electrons. The minimum Gasteiger partial charge on any atom is -0.323 e. The number of amides is 1. The Balaban J connectivity index is 2.75. The molecule has 2 N–H and O–H groups in total. The minimum atomic E-state index is -0.586. The fourth-order valence-corrected chi connectivity index (χ4v) is 1.63. The molecule has 1 heterocycles. The van der Waals surface area contributed by atoms with Crippen LogP contribution >= 0.6 is 15.9 Å². The van der Waals surface area contributed by atoms with E-state index < -0.39 is 5.54 Å². The molecule has 16 heavy (non-hydrogen) atoms. The third-order valence-corrected chi connectivity index (χ3v) is 2.84. The molecular weight excluding hydrogens is 270 g/mol. The van der Waals surface area contributed by atoms with Crippen molar-refractivity contribution in [3.63, 3.8) is 0 Å². The third kappa shape index (κ3) is 3.28. The van der Waals surface area contributed by atoms with Gasteiger partial charge in [-0.2, -0.15) is 0 Å². The van der Waals surface area contributed by atoms with E-state index in [1.54, 1.807) is 18.5 Å². The number of likely N-dealkylation sites (N-methyl/N-ethyl adjacent to an activating group) is 1. The van der Waals surface area contributed by atoms with Gasteiger partial charge in [0, 0.05) is 12.4 Å². The van der Waals surface area contributed by atoms with Gasteiger partial charge in [0.05, 0.1) is 15.7 Å². The SMILES string of the molecule is CCNC(C)(C)C(=O)Nc1ccncc1Br. The Bertz CT molecular complexity index is 379. The third-order valence-electron chi connectivity index (χ3n) is 2.21. The average Bonchev–Trinajstić information content (AvgIpc) is 2.21. The van der Waals surface area contributed by atoms with Gasteiger partial charge in [0.25, 0.3) is 0 Å². The van der Waals surface area contributed by atoms with Crippen molar-refractivity contribution in [3.05, 3.63) is 22.9 Å². The lowest BCUT2D eigenvalue weighted by molar-refractivity contribution is -0.121. The summed E-state index contributed by atoms with van der Waals surface area (Å²) in [5, 5.41) is 5.97. The maximum Gasteiger partial charge on any atom is 0.244 e. The fourth-order valence-electron chi connectivity index (χ4n) is 1.28. The second kappa shape index (κ2) is 5.41. The summed E-state index contributed by atoms with van der Waals surface area (Å²) in [7, 11) is 0. The number of nitrogens with zero attached hydrogens (tertiary/aromatic N) is 1. The Labute approximate surface area is 104 Å². The van der Waals surface area contributed by atoms with Gasteiger partial charge in [-0.05, 0) is 42.4 Å². The van der Waals surface area contributed by atoms with E-state index >= 15 is 0 Å². The maximum absolute atomic E-state index is 12.0. The quantitative estimate of drug-likeness (QED) is 0.892. The number of hydrogen-bond donors (Lipinski definition) is 2. The molecule has 4 nitrogen and oxygen atoms in total. The molecule has 0 atom stereocenters. The molecule has 0 aliphatic rings. The number of halogens is 1. The molecule has 1 rings (SSSR count). The van der Waals surface area contributed by atoms with E-state index in [4.69, 9.17) is 0 Å². The van der Waals surface area contributed by atoms with E-state index in [1.165, 1.54) is 0 Å². The van der Waals surface area contributed by atoms with E-state index in [0.29, 0.717) is 0 Å². The highest BCUT2D eigenvalue weighted by Crippen LogP contribution is 2.21. The lowest BCUT2D eigenvalue weighted by Crippen LogP contribution is -2.49. The molecular formula is C11H16BrN3O. The van der Waals surface area contributed by atoms with Crippen LogP contribution < -0.4 is 10.6 Å². The lowest BCUT2D eigenvalue weighted by atomic mass is 10.0. The summed E-state index contributed by atoms with van der Waals surface area (Å²) in [6, 6.07) is 1.75. The zero-order valence-electron chi connectivity index (χ0n) is 9.67.